The first-order valence-corrected chi connectivity index (χ1v) is 13.5. The van der Waals surface area contributed by atoms with Crippen LogP contribution >= 0.6 is 0 Å². The molecule has 0 unspecified atom stereocenters. The van der Waals surface area contributed by atoms with Gasteiger partial charge in [-0.25, -0.2) is 0 Å². The number of allylic oxidation sites excluding steroid dienone is 2. The third-order valence-corrected chi connectivity index (χ3v) is 7.86. The van der Waals surface area contributed by atoms with Crippen LogP contribution in [0.4, 0.5) is 5.69 Å². The highest BCUT2D eigenvalue weighted by Crippen LogP contribution is 2.47. The van der Waals surface area contributed by atoms with Gasteiger partial charge in [0.15, 0.2) is 0 Å². The Bertz CT molecular complexity index is 1290. The van der Waals surface area contributed by atoms with Crippen molar-refractivity contribution in [1.29, 1.82) is 0 Å². The molecule has 206 valence electrons. The van der Waals surface area contributed by atoms with E-state index in [0.29, 0.717) is 24.8 Å². The van der Waals surface area contributed by atoms with E-state index < -0.39 is 36.9 Å². The number of nitrogens with zero attached hydrogens (tertiary/aromatic N) is 1. The van der Waals surface area contributed by atoms with Gasteiger partial charge >= 0.3 is 7.12 Å². The lowest BCUT2D eigenvalue weighted by molar-refractivity contribution is -0.123. The molecule has 1 heterocycles. The Labute approximate surface area is 229 Å². The van der Waals surface area contributed by atoms with Crippen LogP contribution in [0.2, 0.25) is 0 Å². The van der Waals surface area contributed by atoms with Gasteiger partial charge in [0.05, 0.1) is 30.2 Å². The monoisotopic (exact) mass is 533 g/mol. The first-order chi connectivity index (χ1) is 18.7. The SMILES string of the molecule is CCC/C(=C\c1cccc(O)c1)CC[C@@H](O)C1=C(C)C[C@H]2C(=O)N(c3cccc(B(O)O)c3)C(=O)[C@H]2[C@H]1CO. The molecule has 39 heavy (non-hydrogen) atoms. The summed E-state index contributed by atoms with van der Waals surface area (Å²) >= 11 is 0. The Kier molecular flexibility index (Phi) is 9.07. The quantitative estimate of drug-likeness (QED) is 0.180. The van der Waals surface area contributed by atoms with Crippen molar-refractivity contribution < 1.29 is 35.0 Å². The Balaban J connectivity index is 1.56. The number of anilines is 1. The summed E-state index contributed by atoms with van der Waals surface area (Å²) in [6.45, 7) is 3.54. The molecule has 4 rings (SSSR count). The number of aliphatic hydroxyl groups is 2. The second-order valence-electron chi connectivity index (χ2n) is 10.5. The van der Waals surface area contributed by atoms with Gasteiger partial charge < -0.3 is 25.4 Å². The minimum absolute atomic E-state index is 0.161. The van der Waals surface area contributed by atoms with Crippen molar-refractivity contribution in [2.75, 3.05) is 11.5 Å². The van der Waals surface area contributed by atoms with Gasteiger partial charge in [-0.15, -0.1) is 0 Å². The van der Waals surface area contributed by atoms with E-state index in [1.807, 2.05) is 19.1 Å². The van der Waals surface area contributed by atoms with E-state index >= 15 is 0 Å². The van der Waals surface area contributed by atoms with Crippen LogP contribution in [0.25, 0.3) is 6.08 Å². The van der Waals surface area contributed by atoms with Gasteiger partial charge in [-0.2, -0.15) is 0 Å². The number of benzene rings is 2. The summed E-state index contributed by atoms with van der Waals surface area (Å²) in [4.78, 5) is 28.1. The molecular weight excluding hydrogens is 497 g/mol. The van der Waals surface area contributed by atoms with Crippen molar-refractivity contribution in [3.63, 3.8) is 0 Å². The molecule has 0 saturated carbocycles. The van der Waals surface area contributed by atoms with Gasteiger partial charge in [0, 0.05) is 5.92 Å². The molecule has 1 saturated heterocycles. The third-order valence-electron chi connectivity index (χ3n) is 7.86. The molecule has 9 heteroatoms. The number of hydrogen-bond donors (Lipinski definition) is 5. The van der Waals surface area contributed by atoms with Crippen molar-refractivity contribution >= 4 is 36.2 Å². The molecule has 2 aromatic rings. The average molecular weight is 533 g/mol. The van der Waals surface area contributed by atoms with Crippen molar-refractivity contribution in [2.24, 2.45) is 17.8 Å². The minimum atomic E-state index is -1.74. The zero-order chi connectivity index (χ0) is 28.3. The second-order valence-corrected chi connectivity index (χ2v) is 10.5. The lowest BCUT2D eigenvalue weighted by Crippen LogP contribution is -2.39. The van der Waals surface area contributed by atoms with Crippen molar-refractivity contribution in [3.8, 4) is 5.75 Å². The molecule has 1 aliphatic carbocycles. The lowest BCUT2D eigenvalue weighted by atomic mass is 9.68. The molecule has 0 aromatic heterocycles. The maximum Gasteiger partial charge on any atom is 0.488 e. The Morgan fingerprint density at radius 3 is 2.51 bits per heavy atom. The van der Waals surface area contributed by atoms with Gasteiger partial charge in [0.2, 0.25) is 11.8 Å². The summed E-state index contributed by atoms with van der Waals surface area (Å²) in [5.74, 6) is -2.82. The van der Waals surface area contributed by atoms with Gasteiger partial charge in [-0.05, 0) is 73.5 Å². The van der Waals surface area contributed by atoms with Crippen LogP contribution in [0.1, 0.15) is 51.5 Å². The molecule has 8 nitrogen and oxygen atoms in total. The molecule has 1 aliphatic heterocycles. The fourth-order valence-corrected chi connectivity index (χ4v) is 6.11. The number of carbonyl (C=O) groups is 2. The number of rotatable bonds is 10. The first-order valence-electron chi connectivity index (χ1n) is 13.5. The van der Waals surface area contributed by atoms with E-state index in [9.17, 15) is 35.0 Å². The fourth-order valence-electron chi connectivity index (χ4n) is 6.11. The van der Waals surface area contributed by atoms with Crippen LogP contribution in [0, 0.1) is 17.8 Å². The van der Waals surface area contributed by atoms with E-state index in [1.54, 1.807) is 30.3 Å². The van der Waals surface area contributed by atoms with Crippen molar-refractivity contribution in [1.82, 2.24) is 0 Å². The van der Waals surface area contributed by atoms with E-state index in [0.717, 1.165) is 34.5 Å². The number of amides is 2. The van der Waals surface area contributed by atoms with Crippen LogP contribution in [0.5, 0.6) is 5.75 Å². The highest BCUT2D eigenvalue weighted by Gasteiger charge is 2.54. The largest absolute Gasteiger partial charge is 0.508 e. The smallest absolute Gasteiger partial charge is 0.488 e. The van der Waals surface area contributed by atoms with E-state index in [1.165, 1.54) is 12.1 Å². The summed E-state index contributed by atoms with van der Waals surface area (Å²) in [5, 5.41) is 50.6. The molecule has 2 aliphatic rings. The number of aliphatic hydroxyl groups excluding tert-OH is 2. The van der Waals surface area contributed by atoms with Crippen molar-refractivity contribution in [2.45, 2.75) is 52.1 Å². The predicted molar refractivity (Wildman–Crippen MR) is 150 cm³/mol. The Morgan fingerprint density at radius 1 is 1.10 bits per heavy atom. The normalized spacial score (nSPS) is 22.4. The Morgan fingerprint density at radius 2 is 1.85 bits per heavy atom. The molecular formula is C30H36BNO7. The van der Waals surface area contributed by atoms with Gasteiger partial charge in [-0.1, -0.05) is 54.8 Å². The molecule has 5 N–H and O–H groups in total. The van der Waals surface area contributed by atoms with Gasteiger partial charge in [-0.3, -0.25) is 14.5 Å². The van der Waals surface area contributed by atoms with Crippen LogP contribution in [-0.4, -0.2) is 57.0 Å². The number of phenols is 1. The highest BCUT2D eigenvalue weighted by molar-refractivity contribution is 6.58. The Hall–Kier alpha value is -3.24. The van der Waals surface area contributed by atoms with E-state index in [4.69, 9.17) is 0 Å². The number of hydrogen-bond acceptors (Lipinski definition) is 7. The predicted octanol–water partition coefficient (Wildman–Crippen LogP) is 2.53. The molecule has 2 aromatic carbocycles. The molecule has 2 amide bonds. The molecule has 0 radical (unpaired) electrons. The summed E-state index contributed by atoms with van der Waals surface area (Å²) in [6.07, 6.45) is 4.18. The zero-order valence-corrected chi connectivity index (χ0v) is 22.3. The van der Waals surface area contributed by atoms with Crippen LogP contribution in [0.3, 0.4) is 0 Å². The zero-order valence-electron chi connectivity index (χ0n) is 22.3. The third kappa shape index (κ3) is 6.02. The molecule has 0 spiro atoms. The standard InChI is InChI=1S/C30H36BNO7/c1-3-6-19(14-20-7-4-10-23(34)15-20)11-12-26(35)27-18(2)13-24-28(25(27)17-33)30(37)32(29(24)36)22-9-5-8-21(16-22)31(38)39/h4-5,7-10,14-16,24-26,28,33-35,38-39H,3,6,11-13,17H2,1-2H3/b19-14+/t24-,25+,26-,28-/m1/s1. The van der Waals surface area contributed by atoms with Gasteiger partial charge in [0.25, 0.3) is 0 Å². The number of phenolic OH excluding ortho intramolecular Hbond substituents is 1. The maximum atomic E-state index is 13.6. The van der Waals surface area contributed by atoms with Gasteiger partial charge in [0.1, 0.15) is 5.75 Å². The first kappa shape index (κ1) is 28.8. The number of aromatic hydroxyl groups is 1. The summed E-state index contributed by atoms with van der Waals surface area (Å²) in [6, 6.07) is 13.0. The number of fused-ring (bicyclic) bond motifs is 1. The summed E-state index contributed by atoms with van der Waals surface area (Å²) in [5.41, 5.74) is 3.84. The van der Waals surface area contributed by atoms with E-state index in [-0.39, 0.29) is 29.4 Å². The number of carbonyl (C=O) groups excluding carboxylic acids is 2. The second kappa shape index (κ2) is 12.3. The molecule has 4 atom stereocenters. The lowest BCUT2D eigenvalue weighted by Gasteiger charge is -2.35. The summed E-state index contributed by atoms with van der Waals surface area (Å²) < 4.78 is 0. The van der Waals surface area contributed by atoms with Crippen LogP contribution < -0.4 is 10.4 Å². The average Bonchev–Trinajstić information content (AvgIpc) is 3.15. The van der Waals surface area contributed by atoms with E-state index in [2.05, 4.69) is 6.92 Å². The molecule has 0 bridgehead atoms. The highest BCUT2D eigenvalue weighted by atomic mass is 16.4. The maximum absolute atomic E-state index is 13.6. The summed E-state index contributed by atoms with van der Waals surface area (Å²) in [7, 11) is -1.74. The van der Waals surface area contributed by atoms with Crippen LogP contribution in [-0.2, 0) is 9.59 Å². The van der Waals surface area contributed by atoms with Crippen molar-refractivity contribution in [3.05, 3.63) is 70.8 Å². The van der Waals surface area contributed by atoms with Crippen LogP contribution in [0.15, 0.2) is 65.3 Å². The fraction of sp³-hybridized carbons (Fsp3) is 0.400. The topological polar surface area (TPSA) is 139 Å². The molecule has 1 fully saturated rings. The number of imide groups is 1. The minimum Gasteiger partial charge on any atom is -0.508 e.